The van der Waals surface area contributed by atoms with Crippen molar-refractivity contribution in [3.8, 4) is 0 Å². The summed E-state index contributed by atoms with van der Waals surface area (Å²) in [4.78, 5) is 25.2. The highest BCUT2D eigenvalue weighted by Crippen LogP contribution is 2.37. The van der Waals surface area contributed by atoms with Crippen LogP contribution in [0.5, 0.6) is 0 Å². The maximum atomic E-state index is 12.2. The summed E-state index contributed by atoms with van der Waals surface area (Å²) in [7, 11) is 0. The fourth-order valence-electron chi connectivity index (χ4n) is 2.41. The minimum atomic E-state index is -0.582. The number of aromatic nitrogens is 2. The summed E-state index contributed by atoms with van der Waals surface area (Å²) in [6.45, 7) is 0.876. The highest BCUT2D eigenvalue weighted by Gasteiger charge is 2.54. The Bertz CT molecular complexity index is 509. The lowest BCUT2D eigenvalue weighted by molar-refractivity contribution is -0.134. The minimum Gasteiger partial charge on any atom is -0.323 e. The largest absolute Gasteiger partial charge is 0.325 e. The van der Waals surface area contributed by atoms with Gasteiger partial charge in [-0.3, -0.25) is 14.4 Å². The van der Waals surface area contributed by atoms with Crippen molar-refractivity contribution in [3.63, 3.8) is 0 Å². The van der Waals surface area contributed by atoms with Crippen LogP contribution in [0.1, 0.15) is 19.3 Å². The van der Waals surface area contributed by atoms with Crippen LogP contribution in [0.4, 0.5) is 4.79 Å². The zero-order chi connectivity index (χ0) is 12.8. The molecule has 2 fully saturated rings. The number of halogens is 1. The number of hydrogen-bond donors (Lipinski definition) is 1. The lowest BCUT2D eigenvalue weighted by atomic mass is 9.77. The monoisotopic (exact) mass is 312 g/mol. The Labute approximate surface area is 112 Å². The maximum Gasteiger partial charge on any atom is 0.325 e. The quantitative estimate of drug-likeness (QED) is 0.850. The van der Waals surface area contributed by atoms with Crippen LogP contribution in [0.25, 0.3) is 0 Å². The molecule has 6 nitrogen and oxygen atoms in total. The predicted molar refractivity (Wildman–Crippen MR) is 66.8 cm³/mol. The summed E-state index contributed by atoms with van der Waals surface area (Å²) in [6, 6.07) is -0.272. The second-order valence-corrected chi connectivity index (χ2v) is 5.66. The van der Waals surface area contributed by atoms with E-state index in [9.17, 15) is 9.59 Å². The zero-order valence-electron chi connectivity index (χ0n) is 9.73. The molecule has 1 aliphatic carbocycles. The fourth-order valence-corrected chi connectivity index (χ4v) is 2.74. The molecule has 2 heterocycles. The van der Waals surface area contributed by atoms with Crippen LogP contribution in [0.2, 0.25) is 0 Å². The van der Waals surface area contributed by atoms with Gasteiger partial charge in [-0.05, 0) is 35.2 Å². The van der Waals surface area contributed by atoms with Gasteiger partial charge in [0.15, 0.2) is 0 Å². The first-order valence-electron chi connectivity index (χ1n) is 5.93. The average molecular weight is 313 g/mol. The minimum absolute atomic E-state index is 0.0787. The van der Waals surface area contributed by atoms with E-state index >= 15 is 0 Å². The van der Waals surface area contributed by atoms with Gasteiger partial charge < -0.3 is 5.32 Å². The third kappa shape index (κ3) is 1.73. The van der Waals surface area contributed by atoms with Gasteiger partial charge in [0.2, 0.25) is 0 Å². The molecule has 3 rings (SSSR count). The number of amides is 3. The first-order chi connectivity index (χ1) is 8.61. The van der Waals surface area contributed by atoms with E-state index in [4.69, 9.17) is 0 Å². The molecule has 18 heavy (non-hydrogen) atoms. The zero-order valence-corrected chi connectivity index (χ0v) is 11.3. The van der Waals surface area contributed by atoms with Crippen LogP contribution in [-0.4, -0.2) is 38.7 Å². The molecule has 1 aliphatic heterocycles. The Kier molecular flexibility index (Phi) is 2.65. The lowest BCUT2D eigenvalue weighted by Gasteiger charge is -2.34. The molecule has 0 aromatic carbocycles. The Morgan fingerprint density at radius 3 is 2.67 bits per heavy atom. The van der Waals surface area contributed by atoms with Crippen LogP contribution < -0.4 is 5.32 Å². The van der Waals surface area contributed by atoms with Gasteiger partial charge in [0.1, 0.15) is 5.54 Å². The highest BCUT2D eigenvalue weighted by atomic mass is 79.9. The number of imide groups is 1. The van der Waals surface area contributed by atoms with Gasteiger partial charge in [0.25, 0.3) is 5.91 Å². The molecule has 1 saturated carbocycles. The van der Waals surface area contributed by atoms with Crippen molar-refractivity contribution in [2.75, 3.05) is 6.54 Å². The lowest BCUT2D eigenvalue weighted by Crippen LogP contribution is -2.52. The van der Waals surface area contributed by atoms with Gasteiger partial charge in [-0.1, -0.05) is 0 Å². The smallest absolute Gasteiger partial charge is 0.323 e. The van der Waals surface area contributed by atoms with E-state index < -0.39 is 5.54 Å². The average Bonchev–Trinajstić information content (AvgIpc) is 2.79. The summed E-state index contributed by atoms with van der Waals surface area (Å²) in [6.07, 6.45) is 6.03. The predicted octanol–water partition coefficient (Wildman–Crippen LogP) is 1.12. The molecule has 96 valence electrons. The molecule has 1 aromatic rings. The molecule has 0 radical (unpaired) electrons. The summed E-state index contributed by atoms with van der Waals surface area (Å²) in [5.41, 5.74) is -0.582. The van der Waals surface area contributed by atoms with Crippen LogP contribution in [0, 0.1) is 0 Å². The third-order valence-corrected chi connectivity index (χ3v) is 4.02. The van der Waals surface area contributed by atoms with E-state index in [2.05, 4.69) is 26.3 Å². The van der Waals surface area contributed by atoms with Crippen molar-refractivity contribution in [2.24, 2.45) is 0 Å². The molecule has 2 aliphatic rings. The second kappa shape index (κ2) is 4.08. The maximum absolute atomic E-state index is 12.2. The molecule has 0 atom stereocenters. The number of carbonyl (C=O) groups is 2. The van der Waals surface area contributed by atoms with Crippen molar-refractivity contribution in [1.82, 2.24) is 20.0 Å². The molecule has 1 saturated heterocycles. The van der Waals surface area contributed by atoms with E-state index in [0.717, 1.165) is 23.7 Å². The molecular weight excluding hydrogens is 300 g/mol. The fraction of sp³-hybridized carbons (Fsp3) is 0.545. The molecule has 1 spiro atoms. The van der Waals surface area contributed by atoms with Gasteiger partial charge in [0.05, 0.1) is 23.8 Å². The molecule has 1 aromatic heterocycles. The van der Waals surface area contributed by atoms with E-state index in [1.807, 2.05) is 6.20 Å². The van der Waals surface area contributed by atoms with Gasteiger partial charge in [-0.25, -0.2) is 4.79 Å². The highest BCUT2D eigenvalue weighted by molar-refractivity contribution is 9.10. The van der Waals surface area contributed by atoms with E-state index in [1.165, 1.54) is 4.90 Å². The number of nitrogens with one attached hydrogen (secondary N) is 1. The van der Waals surface area contributed by atoms with Crippen LogP contribution in [-0.2, 0) is 11.3 Å². The van der Waals surface area contributed by atoms with E-state index in [-0.39, 0.29) is 11.9 Å². The van der Waals surface area contributed by atoms with Crippen molar-refractivity contribution in [2.45, 2.75) is 31.3 Å². The summed E-state index contributed by atoms with van der Waals surface area (Å²) >= 11 is 3.30. The summed E-state index contributed by atoms with van der Waals surface area (Å²) in [5.74, 6) is -0.0787. The Balaban J connectivity index is 1.66. The molecule has 0 unspecified atom stereocenters. The van der Waals surface area contributed by atoms with Gasteiger partial charge >= 0.3 is 6.03 Å². The summed E-state index contributed by atoms with van der Waals surface area (Å²) < 4.78 is 2.59. The number of rotatable bonds is 3. The van der Waals surface area contributed by atoms with Crippen molar-refractivity contribution < 1.29 is 9.59 Å². The topological polar surface area (TPSA) is 67.2 Å². The first-order valence-corrected chi connectivity index (χ1v) is 6.72. The van der Waals surface area contributed by atoms with Crippen molar-refractivity contribution in [1.29, 1.82) is 0 Å². The Morgan fingerprint density at radius 1 is 1.39 bits per heavy atom. The van der Waals surface area contributed by atoms with Crippen molar-refractivity contribution >= 4 is 27.9 Å². The van der Waals surface area contributed by atoms with Gasteiger partial charge in [-0.15, -0.1) is 0 Å². The van der Waals surface area contributed by atoms with E-state index in [0.29, 0.717) is 13.1 Å². The normalized spacial score (nSPS) is 21.3. The van der Waals surface area contributed by atoms with Gasteiger partial charge in [0, 0.05) is 6.20 Å². The molecule has 1 N–H and O–H groups in total. The Hall–Kier alpha value is -1.37. The third-order valence-electron chi connectivity index (χ3n) is 3.61. The van der Waals surface area contributed by atoms with E-state index in [1.54, 1.807) is 10.9 Å². The standard InChI is InChI=1S/C11H13BrN4O2/c12-8-6-13-15(7-8)4-5-16-9(17)11(2-1-3-11)14-10(16)18/h6-7H,1-5H2,(H,14,18). The molecule has 3 amide bonds. The first kappa shape index (κ1) is 11.7. The molecular formula is C11H13BrN4O2. The van der Waals surface area contributed by atoms with Crippen LogP contribution in [0.15, 0.2) is 16.9 Å². The second-order valence-electron chi connectivity index (χ2n) is 4.74. The number of hydrogen-bond acceptors (Lipinski definition) is 3. The van der Waals surface area contributed by atoms with Crippen LogP contribution in [0.3, 0.4) is 0 Å². The number of urea groups is 1. The SMILES string of the molecule is O=C1NC2(CCC2)C(=O)N1CCn1cc(Br)cn1. The molecule has 0 bridgehead atoms. The number of carbonyl (C=O) groups excluding carboxylic acids is 2. The van der Waals surface area contributed by atoms with Gasteiger partial charge in [-0.2, -0.15) is 5.10 Å². The molecule has 7 heteroatoms. The van der Waals surface area contributed by atoms with Crippen molar-refractivity contribution in [3.05, 3.63) is 16.9 Å². The van der Waals surface area contributed by atoms with Crippen LogP contribution >= 0.6 is 15.9 Å². The number of nitrogens with zero attached hydrogens (tertiary/aromatic N) is 3. The Morgan fingerprint density at radius 2 is 2.17 bits per heavy atom. The summed E-state index contributed by atoms with van der Waals surface area (Å²) in [5, 5.41) is 6.90.